The summed E-state index contributed by atoms with van der Waals surface area (Å²) < 4.78 is 40.2. The van der Waals surface area contributed by atoms with Crippen LogP contribution in [0.2, 0.25) is 0 Å². The van der Waals surface area contributed by atoms with Gasteiger partial charge in [-0.25, -0.2) is 5.32 Å². The largest absolute Gasteiger partial charge is 0.573 e. The lowest BCUT2D eigenvalue weighted by Crippen LogP contribution is -2.18. The summed E-state index contributed by atoms with van der Waals surface area (Å²) in [6.07, 6.45) is -3.87. The predicted molar refractivity (Wildman–Crippen MR) is 70.8 cm³/mol. The van der Waals surface area contributed by atoms with Crippen molar-refractivity contribution in [2.24, 2.45) is 0 Å². The zero-order valence-electron chi connectivity index (χ0n) is 11.0. The number of hydrogen-bond donors (Lipinski definition) is 0. The highest BCUT2D eigenvalue weighted by molar-refractivity contribution is 5.60. The number of aromatic nitrogens is 1. The number of fused-ring (bicyclic) bond motifs is 1. The molecule has 0 fully saturated rings. The van der Waals surface area contributed by atoms with Crippen LogP contribution >= 0.6 is 0 Å². The van der Waals surface area contributed by atoms with Crippen molar-refractivity contribution >= 4 is 0 Å². The summed E-state index contributed by atoms with van der Waals surface area (Å²) in [4.78, 5) is 4.56. The number of ether oxygens (including phenoxy) is 1. The van der Waals surface area contributed by atoms with Crippen LogP contribution in [0.5, 0.6) is 5.75 Å². The first kappa shape index (κ1) is 13.9. The van der Waals surface area contributed by atoms with Gasteiger partial charge in [0, 0.05) is 30.8 Å². The number of pyridine rings is 1. The number of nitrogens with zero attached hydrogens (tertiary/aromatic N) is 2. The molecular formula is C15H12F3N2O. The number of rotatable bonds is 2. The van der Waals surface area contributed by atoms with E-state index in [2.05, 4.69) is 15.0 Å². The highest BCUT2D eigenvalue weighted by atomic mass is 19.4. The van der Waals surface area contributed by atoms with Gasteiger partial charge in [-0.2, -0.15) is 0 Å². The fourth-order valence-corrected chi connectivity index (χ4v) is 2.26. The standard InChI is InChI=1S/C15H12F3N2O/c16-15(17,18)21-12-4-1-10(2-5-12)13-6-3-11-9-19-8-7-14(11)20-13/h1-6H,7-9H2. The quantitative estimate of drug-likeness (QED) is 0.851. The van der Waals surface area contributed by atoms with Crippen LogP contribution in [0.1, 0.15) is 11.3 Å². The van der Waals surface area contributed by atoms with Crippen LogP contribution in [-0.4, -0.2) is 17.9 Å². The maximum Gasteiger partial charge on any atom is 0.573 e. The number of alkyl halides is 3. The smallest absolute Gasteiger partial charge is 0.406 e. The van der Waals surface area contributed by atoms with E-state index in [1.807, 2.05) is 12.1 Å². The Hall–Kier alpha value is -2.08. The van der Waals surface area contributed by atoms with Gasteiger partial charge in [-0.3, -0.25) is 4.98 Å². The molecule has 0 N–H and O–H groups in total. The average molecular weight is 293 g/mol. The first-order valence-electron chi connectivity index (χ1n) is 6.49. The zero-order chi connectivity index (χ0) is 14.9. The van der Waals surface area contributed by atoms with Crippen LogP contribution in [0.4, 0.5) is 13.2 Å². The van der Waals surface area contributed by atoms with Gasteiger partial charge in [0.25, 0.3) is 0 Å². The van der Waals surface area contributed by atoms with Gasteiger partial charge in [-0.1, -0.05) is 6.07 Å². The van der Waals surface area contributed by atoms with Gasteiger partial charge in [0.05, 0.1) is 5.69 Å². The molecule has 0 saturated carbocycles. The molecule has 0 atom stereocenters. The number of hydrogen-bond acceptors (Lipinski definition) is 2. The monoisotopic (exact) mass is 293 g/mol. The maximum absolute atomic E-state index is 12.1. The van der Waals surface area contributed by atoms with Crippen molar-refractivity contribution in [1.82, 2.24) is 10.3 Å². The highest BCUT2D eigenvalue weighted by Gasteiger charge is 2.30. The lowest BCUT2D eigenvalue weighted by atomic mass is 10.0. The first-order chi connectivity index (χ1) is 10.0. The molecule has 0 aliphatic carbocycles. The van der Waals surface area contributed by atoms with Crippen molar-refractivity contribution in [1.29, 1.82) is 0 Å². The van der Waals surface area contributed by atoms with E-state index in [1.54, 1.807) is 12.1 Å². The Morgan fingerprint density at radius 3 is 2.48 bits per heavy atom. The third-order valence-corrected chi connectivity index (χ3v) is 3.24. The first-order valence-corrected chi connectivity index (χ1v) is 6.49. The molecule has 1 radical (unpaired) electrons. The van der Waals surface area contributed by atoms with Gasteiger partial charge in [-0.05, 0) is 35.9 Å². The van der Waals surface area contributed by atoms with Gasteiger partial charge in [0.2, 0.25) is 0 Å². The summed E-state index contributed by atoms with van der Waals surface area (Å²) >= 11 is 0. The third kappa shape index (κ3) is 3.33. The topological polar surface area (TPSA) is 36.2 Å². The van der Waals surface area contributed by atoms with E-state index in [-0.39, 0.29) is 5.75 Å². The van der Waals surface area contributed by atoms with Crippen LogP contribution in [0.25, 0.3) is 11.3 Å². The molecule has 2 heterocycles. The second kappa shape index (κ2) is 5.37. The van der Waals surface area contributed by atoms with Gasteiger partial charge in [-0.15, -0.1) is 13.2 Å². The summed E-state index contributed by atoms with van der Waals surface area (Å²) in [5.74, 6) is -0.233. The summed E-state index contributed by atoms with van der Waals surface area (Å²) in [6.45, 7) is 1.45. The molecule has 0 bridgehead atoms. The Morgan fingerprint density at radius 2 is 1.76 bits per heavy atom. The Kier molecular flexibility index (Phi) is 3.55. The minimum atomic E-state index is -4.67. The SMILES string of the molecule is FC(F)(F)Oc1ccc(-c2ccc3c(n2)CC[N]C3)cc1. The molecule has 0 spiro atoms. The van der Waals surface area contributed by atoms with Crippen molar-refractivity contribution in [3.63, 3.8) is 0 Å². The molecule has 0 amide bonds. The molecule has 1 aliphatic rings. The van der Waals surface area contributed by atoms with Gasteiger partial charge < -0.3 is 4.74 Å². The third-order valence-electron chi connectivity index (χ3n) is 3.24. The minimum Gasteiger partial charge on any atom is -0.406 e. The van der Waals surface area contributed by atoms with Crippen LogP contribution in [-0.2, 0) is 13.0 Å². The van der Waals surface area contributed by atoms with Gasteiger partial charge in [0.15, 0.2) is 0 Å². The fourth-order valence-electron chi connectivity index (χ4n) is 2.26. The van der Waals surface area contributed by atoms with E-state index >= 15 is 0 Å². The minimum absolute atomic E-state index is 0.233. The molecule has 0 unspecified atom stereocenters. The molecule has 109 valence electrons. The summed E-state index contributed by atoms with van der Waals surface area (Å²) in [7, 11) is 0. The second-order valence-corrected chi connectivity index (χ2v) is 4.73. The molecule has 21 heavy (non-hydrogen) atoms. The number of halogens is 3. The highest BCUT2D eigenvalue weighted by Crippen LogP contribution is 2.26. The average Bonchev–Trinajstić information content (AvgIpc) is 2.46. The molecule has 3 rings (SSSR count). The molecule has 1 aromatic heterocycles. The Labute approximate surface area is 119 Å². The zero-order valence-corrected chi connectivity index (χ0v) is 11.0. The van der Waals surface area contributed by atoms with Crippen molar-refractivity contribution in [2.75, 3.05) is 6.54 Å². The van der Waals surface area contributed by atoms with Gasteiger partial charge in [0.1, 0.15) is 5.75 Å². The Balaban J connectivity index is 1.84. The molecule has 2 aromatic rings. The number of benzene rings is 1. The predicted octanol–water partition coefficient (Wildman–Crippen LogP) is 3.31. The fraction of sp³-hybridized carbons (Fsp3) is 0.267. The Morgan fingerprint density at radius 1 is 1.00 bits per heavy atom. The van der Waals surface area contributed by atoms with Crippen LogP contribution in [0.15, 0.2) is 36.4 Å². The Bertz CT molecular complexity index is 638. The summed E-state index contributed by atoms with van der Waals surface area (Å²) in [5, 5.41) is 4.30. The van der Waals surface area contributed by atoms with Crippen LogP contribution in [0, 0.1) is 0 Å². The van der Waals surface area contributed by atoms with Crippen molar-refractivity contribution < 1.29 is 17.9 Å². The maximum atomic E-state index is 12.1. The summed E-state index contributed by atoms with van der Waals surface area (Å²) in [6, 6.07) is 9.56. The second-order valence-electron chi connectivity index (χ2n) is 4.73. The van der Waals surface area contributed by atoms with Gasteiger partial charge >= 0.3 is 6.36 Å². The van der Waals surface area contributed by atoms with Crippen LogP contribution in [0.3, 0.4) is 0 Å². The molecule has 0 saturated heterocycles. The molecule has 1 aromatic carbocycles. The molecule has 1 aliphatic heterocycles. The molecule has 3 nitrogen and oxygen atoms in total. The normalized spacial score (nSPS) is 14.6. The molecular weight excluding hydrogens is 281 g/mol. The summed E-state index contributed by atoms with van der Waals surface area (Å²) in [5.41, 5.74) is 3.63. The lowest BCUT2D eigenvalue weighted by Gasteiger charge is -2.15. The lowest BCUT2D eigenvalue weighted by molar-refractivity contribution is -0.274. The van der Waals surface area contributed by atoms with Crippen molar-refractivity contribution in [2.45, 2.75) is 19.3 Å². The molecule has 6 heteroatoms. The van der Waals surface area contributed by atoms with Crippen molar-refractivity contribution in [3.05, 3.63) is 47.7 Å². The van der Waals surface area contributed by atoms with E-state index in [9.17, 15) is 13.2 Å². The van der Waals surface area contributed by atoms with E-state index in [1.165, 1.54) is 12.1 Å². The van der Waals surface area contributed by atoms with Crippen molar-refractivity contribution in [3.8, 4) is 17.0 Å². The van der Waals surface area contributed by atoms with E-state index < -0.39 is 6.36 Å². The van der Waals surface area contributed by atoms with E-state index in [4.69, 9.17) is 0 Å². The van der Waals surface area contributed by atoms with E-state index in [0.717, 1.165) is 35.5 Å². The van der Waals surface area contributed by atoms with E-state index in [0.29, 0.717) is 6.54 Å². The van der Waals surface area contributed by atoms with Crippen LogP contribution < -0.4 is 10.1 Å².